The number of nitrogens with zero attached hydrogens (tertiary/aromatic N) is 3. The summed E-state index contributed by atoms with van der Waals surface area (Å²) < 4.78 is 29.8. The van der Waals surface area contributed by atoms with Crippen molar-refractivity contribution in [3.05, 3.63) is 78.4 Å². The van der Waals surface area contributed by atoms with Crippen molar-refractivity contribution in [1.29, 1.82) is 0 Å². The molecule has 0 saturated carbocycles. The zero-order valence-corrected chi connectivity index (χ0v) is 17.2. The molecule has 5 rings (SSSR count). The van der Waals surface area contributed by atoms with Gasteiger partial charge >= 0.3 is 0 Å². The summed E-state index contributed by atoms with van der Waals surface area (Å²) in [5.41, 5.74) is 2.71. The van der Waals surface area contributed by atoms with Gasteiger partial charge in [-0.25, -0.2) is 18.7 Å². The average Bonchev–Trinajstić information content (AvgIpc) is 3.16. The number of fused-ring (bicyclic) bond motifs is 5. The van der Waals surface area contributed by atoms with Crippen LogP contribution in [0.2, 0.25) is 0 Å². The minimum absolute atomic E-state index is 0.454. The first-order valence-electron chi connectivity index (χ1n) is 9.60. The van der Waals surface area contributed by atoms with Crippen LogP contribution < -0.4 is 5.32 Å². The fourth-order valence-corrected chi connectivity index (χ4v) is 4.37. The van der Waals surface area contributed by atoms with Gasteiger partial charge in [0.15, 0.2) is 5.16 Å². The van der Waals surface area contributed by atoms with Crippen molar-refractivity contribution in [2.75, 3.05) is 5.32 Å². The zero-order valence-electron chi connectivity index (χ0n) is 16.3. The summed E-state index contributed by atoms with van der Waals surface area (Å²) in [6, 6.07) is 18.8. The maximum Gasteiger partial charge on any atom is 0.237 e. The largest absolute Gasteiger partial charge is 0.320 e. The summed E-state index contributed by atoms with van der Waals surface area (Å²) >= 11 is 1.20. The van der Waals surface area contributed by atoms with E-state index in [1.165, 1.54) is 17.8 Å². The molecule has 154 valence electrons. The van der Waals surface area contributed by atoms with E-state index < -0.39 is 28.5 Å². The second-order valence-corrected chi connectivity index (χ2v) is 8.33. The SMILES string of the molecule is CC(Sc1nc2ccccc2c2nc3ccccc3n12)C(=O)Nc1c(F)cccc1F. The summed E-state index contributed by atoms with van der Waals surface area (Å²) in [6.07, 6.45) is 0. The molecule has 0 aliphatic heterocycles. The van der Waals surface area contributed by atoms with Gasteiger partial charge in [-0.2, -0.15) is 0 Å². The number of imidazole rings is 1. The van der Waals surface area contributed by atoms with Crippen molar-refractivity contribution in [3.8, 4) is 0 Å². The van der Waals surface area contributed by atoms with Crippen LogP contribution in [0.15, 0.2) is 71.9 Å². The highest BCUT2D eigenvalue weighted by Crippen LogP contribution is 2.31. The number of carbonyl (C=O) groups excluding carboxylic acids is 1. The first-order valence-corrected chi connectivity index (χ1v) is 10.5. The molecule has 31 heavy (non-hydrogen) atoms. The average molecular weight is 434 g/mol. The second kappa shape index (κ2) is 7.63. The van der Waals surface area contributed by atoms with Crippen molar-refractivity contribution >= 4 is 50.9 Å². The molecule has 1 amide bonds. The predicted octanol–water partition coefficient (Wildman–Crippen LogP) is 5.43. The molecule has 5 nitrogen and oxygen atoms in total. The number of hydrogen-bond donors (Lipinski definition) is 1. The van der Waals surface area contributed by atoms with Crippen LogP contribution >= 0.6 is 11.8 Å². The van der Waals surface area contributed by atoms with E-state index in [0.29, 0.717) is 5.16 Å². The van der Waals surface area contributed by atoms with Gasteiger partial charge in [0, 0.05) is 5.39 Å². The minimum Gasteiger partial charge on any atom is -0.320 e. The van der Waals surface area contributed by atoms with E-state index in [9.17, 15) is 13.6 Å². The van der Waals surface area contributed by atoms with E-state index >= 15 is 0 Å². The maximum atomic E-state index is 13.9. The number of aromatic nitrogens is 3. The van der Waals surface area contributed by atoms with E-state index in [1.54, 1.807) is 6.92 Å². The van der Waals surface area contributed by atoms with Gasteiger partial charge in [0.2, 0.25) is 5.91 Å². The molecular formula is C23H16F2N4OS. The number of rotatable bonds is 4. The molecule has 0 bridgehead atoms. The Morgan fingerprint density at radius 3 is 2.39 bits per heavy atom. The normalized spacial score (nSPS) is 12.5. The van der Waals surface area contributed by atoms with Crippen molar-refractivity contribution in [2.45, 2.75) is 17.3 Å². The number of carbonyl (C=O) groups is 1. The lowest BCUT2D eigenvalue weighted by Gasteiger charge is -2.14. The Morgan fingerprint density at radius 1 is 0.935 bits per heavy atom. The smallest absolute Gasteiger partial charge is 0.237 e. The summed E-state index contributed by atoms with van der Waals surface area (Å²) in [4.78, 5) is 22.2. The van der Waals surface area contributed by atoms with Crippen LogP contribution in [0.5, 0.6) is 0 Å². The van der Waals surface area contributed by atoms with Crippen molar-refractivity contribution in [1.82, 2.24) is 14.4 Å². The van der Waals surface area contributed by atoms with Crippen LogP contribution in [0.25, 0.3) is 27.6 Å². The highest BCUT2D eigenvalue weighted by Gasteiger charge is 2.22. The van der Waals surface area contributed by atoms with Crippen LogP contribution in [-0.4, -0.2) is 25.5 Å². The van der Waals surface area contributed by atoms with Crippen molar-refractivity contribution in [2.24, 2.45) is 0 Å². The molecular weight excluding hydrogens is 418 g/mol. The molecule has 0 spiro atoms. The molecule has 1 N–H and O–H groups in total. The van der Waals surface area contributed by atoms with Gasteiger partial charge in [0.1, 0.15) is 23.0 Å². The molecule has 5 aromatic rings. The van der Waals surface area contributed by atoms with Crippen molar-refractivity contribution < 1.29 is 13.6 Å². The Morgan fingerprint density at radius 2 is 1.61 bits per heavy atom. The van der Waals surface area contributed by atoms with E-state index in [2.05, 4.69) is 5.32 Å². The quantitative estimate of drug-likeness (QED) is 0.303. The lowest BCUT2D eigenvalue weighted by molar-refractivity contribution is -0.115. The number of nitrogens with one attached hydrogen (secondary N) is 1. The van der Waals surface area contributed by atoms with Gasteiger partial charge in [-0.1, -0.05) is 42.1 Å². The summed E-state index contributed by atoms with van der Waals surface area (Å²) in [5, 5.41) is 3.15. The third kappa shape index (κ3) is 3.38. The molecule has 8 heteroatoms. The third-order valence-corrected chi connectivity index (χ3v) is 6.03. The molecule has 2 aromatic heterocycles. The number of para-hydroxylation sites is 4. The maximum absolute atomic E-state index is 13.9. The Bertz CT molecular complexity index is 1450. The highest BCUT2D eigenvalue weighted by atomic mass is 32.2. The van der Waals surface area contributed by atoms with Crippen LogP contribution in [0.1, 0.15) is 6.92 Å². The number of amides is 1. The van der Waals surface area contributed by atoms with Gasteiger partial charge in [0.05, 0.1) is 21.8 Å². The predicted molar refractivity (Wildman–Crippen MR) is 118 cm³/mol. The molecule has 0 saturated heterocycles. The summed E-state index contributed by atoms with van der Waals surface area (Å²) in [6.45, 7) is 1.67. The standard InChI is InChI=1S/C23H16F2N4OS/c1-13(22(30)28-20-15(24)8-6-9-16(20)25)31-23-27-17-10-3-2-7-14(17)21-26-18-11-4-5-12-19(18)29(21)23/h2-13H,1H3,(H,28,30). The van der Waals surface area contributed by atoms with Gasteiger partial charge in [-0.3, -0.25) is 9.20 Å². The molecule has 1 atom stereocenters. The molecule has 0 radical (unpaired) electrons. The lowest BCUT2D eigenvalue weighted by Crippen LogP contribution is -2.24. The first-order chi connectivity index (χ1) is 15.0. The number of benzene rings is 3. The number of halogens is 2. The second-order valence-electron chi connectivity index (χ2n) is 7.02. The van der Waals surface area contributed by atoms with Crippen LogP contribution in [0.4, 0.5) is 14.5 Å². The molecule has 1 unspecified atom stereocenters. The van der Waals surface area contributed by atoms with Gasteiger partial charge in [0.25, 0.3) is 0 Å². The molecule has 0 aliphatic rings. The minimum atomic E-state index is -0.822. The number of hydrogen-bond acceptors (Lipinski definition) is 4. The Hall–Kier alpha value is -3.52. The fourth-order valence-electron chi connectivity index (χ4n) is 3.45. The zero-order chi connectivity index (χ0) is 21.5. The Balaban J connectivity index is 1.57. The third-order valence-electron chi connectivity index (χ3n) is 4.98. The molecule has 3 aromatic carbocycles. The monoisotopic (exact) mass is 434 g/mol. The van der Waals surface area contributed by atoms with Crippen molar-refractivity contribution in [3.63, 3.8) is 0 Å². The van der Waals surface area contributed by atoms with E-state index in [0.717, 1.165) is 39.7 Å². The summed E-state index contributed by atoms with van der Waals surface area (Å²) in [7, 11) is 0. The van der Waals surface area contributed by atoms with E-state index in [4.69, 9.17) is 9.97 Å². The lowest BCUT2D eigenvalue weighted by atomic mass is 10.2. The van der Waals surface area contributed by atoms with Crippen LogP contribution in [0.3, 0.4) is 0 Å². The Labute approximate surface area is 180 Å². The van der Waals surface area contributed by atoms with Gasteiger partial charge in [-0.05, 0) is 43.3 Å². The van der Waals surface area contributed by atoms with E-state index in [1.807, 2.05) is 52.9 Å². The number of anilines is 1. The van der Waals surface area contributed by atoms with Gasteiger partial charge < -0.3 is 5.32 Å². The Kier molecular flexibility index (Phi) is 4.78. The molecule has 0 aliphatic carbocycles. The summed E-state index contributed by atoms with van der Waals surface area (Å²) in [5.74, 6) is -2.17. The highest BCUT2D eigenvalue weighted by molar-refractivity contribution is 8.00. The van der Waals surface area contributed by atoms with E-state index in [-0.39, 0.29) is 0 Å². The van der Waals surface area contributed by atoms with Crippen LogP contribution in [0, 0.1) is 11.6 Å². The fraction of sp³-hybridized carbons (Fsp3) is 0.0870. The first kappa shape index (κ1) is 19.4. The molecule has 2 heterocycles. The topological polar surface area (TPSA) is 59.3 Å². The molecule has 0 fully saturated rings. The number of thioether (sulfide) groups is 1. The van der Waals surface area contributed by atoms with Crippen LogP contribution in [-0.2, 0) is 4.79 Å². The van der Waals surface area contributed by atoms with Gasteiger partial charge in [-0.15, -0.1) is 0 Å².